The Kier molecular flexibility index (Phi) is 6.70. The van der Waals surface area contributed by atoms with Gasteiger partial charge in [-0.15, -0.1) is 0 Å². The van der Waals surface area contributed by atoms with E-state index in [0.717, 1.165) is 22.3 Å². The van der Waals surface area contributed by atoms with Gasteiger partial charge in [0.15, 0.2) is 5.79 Å². The molecule has 1 heterocycles. The first kappa shape index (κ1) is 21.5. The van der Waals surface area contributed by atoms with E-state index in [0.29, 0.717) is 0 Å². The van der Waals surface area contributed by atoms with Gasteiger partial charge in [-0.25, -0.2) is 0 Å². The van der Waals surface area contributed by atoms with Gasteiger partial charge in [-0.05, 0) is 50.0 Å². The topological polar surface area (TPSA) is 58.9 Å². The molecule has 0 amide bonds. The van der Waals surface area contributed by atoms with E-state index in [1.165, 1.54) is 0 Å². The molecule has 1 saturated heterocycles. The van der Waals surface area contributed by atoms with Crippen LogP contribution in [-0.4, -0.2) is 28.2 Å². The van der Waals surface area contributed by atoms with Crippen molar-refractivity contribution < 1.29 is 19.7 Å². The van der Waals surface area contributed by atoms with Crippen molar-refractivity contribution in [2.45, 2.75) is 57.9 Å². The highest BCUT2D eigenvalue weighted by Gasteiger charge is 2.39. The molecular weight excluding hydrogens is 364 g/mol. The summed E-state index contributed by atoms with van der Waals surface area (Å²) in [5, 5.41) is 21.3. The Labute approximate surface area is 173 Å². The van der Waals surface area contributed by atoms with E-state index in [4.69, 9.17) is 9.47 Å². The minimum Gasteiger partial charge on any atom is -0.384 e. The average molecular weight is 395 g/mol. The highest BCUT2D eigenvalue weighted by molar-refractivity contribution is 5.28. The fraction of sp³-hybridized carbons (Fsp3) is 0.360. The van der Waals surface area contributed by atoms with Gasteiger partial charge in [0.05, 0.1) is 12.2 Å². The van der Waals surface area contributed by atoms with Gasteiger partial charge in [-0.1, -0.05) is 72.8 Å². The largest absolute Gasteiger partial charge is 0.384 e. The second-order valence-corrected chi connectivity index (χ2v) is 8.01. The molecule has 29 heavy (non-hydrogen) atoms. The molecule has 0 spiro atoms. The van der Waals surface area contributed by atoms with Crippen molar-refractivity contribution in [2.24, 2.45) is 0 Å². The number of hydrogen-bond acceptors (Lipinski definition) is 4. The summed E-state index contributed by atoms with van der Waals surface area (Å²) in [6.07, 6.45) is 1.70. The lowest BCUT2D eigenvalue weighted by atomic mass is 9.98. The van der Waals surface area contributed by atoms with Gasteiger partial charge >= 0.3 is 0 Å². The standard InChI is InChI=1S/C25H30O4/c1-17(23(26)19-11-7-5-8-12-19)15-21-22(29-25(3,4)28-21)16-18(2)24(27)20-13-9-6-10-14-20/h5-16,21-24,26-27H,1-4H3/b17-15+,18-16+/t21-,22-,23?,24?/m1/s1. The van der Waals surface area contributed by atoms with E-state index in [1.807, 2.05) is 101 Å². The molecule has 4 atom stereocenters. The van der Waals surface area contributed by atoms with Gasteiger partial charge in [-0.2, -0.15) is 0 Å². The van der Waals surface area contributed by atoms with E-state index in [2.05, 4.69) is 0 Å². The lowest BCUT2D eigenvalue weighted by molar-refractivity contribution is -0.139. The van der Waals surface area contributed by atoms with Gasteiger partial charge in [0.2, 0.25) is 0 Å². The first-order chi connectivity index (χ1) is 13.8. The molecule has 3 rings (SSSR count). The average Bonchev–Trinajstić information content (AvgIpc) is 3.00. The third kappa shape index (κ3) is 5.43. The Morgan fingerprint density at radius 2 is 1.10 bits per heavy atom. The molecule has 0 saturated carbocycles. The number of rotatable bonds is 6. The van der Waals surface area contributed by atoms with E-state index in [-0.39, 0.29) is 12.2 Å². The SMILES string of the molecule is C/C(=C\[C@H]1OC(C)(C)O[C@@H]1/C=C(\C)C(O)c1ccccc1)C(O)c1ccccc1. The van der Waals surface area contributed by atoms with Gasteiger partial charge in [0.25, 0.3) is 0 Å². The maximum atomic E-state index is 10.7. The van der Waals surface area contributed by atoms with Gasteiger partial charge in [-0.3, -0.25) is 0 Å². The lowest BCUT2D eigenvalue weighted by Crippen LogP contribution is -2.21. The summed E-state index contributed by atoms with van der Waals surface area (Å²) < 4.78 is 12.1. The fourth-order valence-electron chi connectivity index (χ4n) is 3.57. The van der Waals surface area contributed by atoms with Crippen LogP contribution in [0, 0.1) is 0 Å². The van der Waals surface area contributed by atoms with Crippen molar-refractivity contribution in [3.63, 3.8) is 0 Å². The molecule has 4 heteroatoms. The minimum absolute atomic E-state index is 0.360. The van der Waals surface area contributed by atoms with E-state index in [9.17, 15) is 10.2 Å². The Morgan fingerprint density at radius 1 is 0.759 bits per heavy atom. The molecule has 0 aromatic heterocycles. The summed E-state index contributed by atoms with van der Waals surface area (Å²) >= 11 is 0. The van der Waals surface area contributed by atoms with Crippen molar-refractivity contribution in [1.82, 2.24) is 0 Å². The number of aliphatic hydroxyl groups excluding tert-OH is 2. The normalized spacial score (nSPS) is 24.3. The molecule has 2 unspecified atom stereocenters. The Hall–Kier alpha value is -2.24. The van der Waals surface area contributed by atoms with Crippen LogP contribution in [0.15, 0.2) is 84.0 Å². The number of benzene rings is 2. The summed E-state index contributed by atoms with van der Waals surface area (Å²) in [7, 11) is 0. The van der Waals surface area contributed by atoms with Crippen molar-refractivity contribution in [3.05, 3.63) is 95.1 Å². The van der Waals surface area contributed by atoms with Crippen LogP contribution in [0.3, 0.4) is 0 Å². The molecule has 2 aromatic rings. The Bertz CT molecular complexity index is 783. The van der Waals surface area contributed by atoms with Gasteiger partial charge < -0.3 is 19.7 Å². The quantitative estimate of drug-likeness (QED) is 0.687. The first-order valence-electron chi connectivity index (χ1n) is 9.95. The molecule has 154 valence electrons. The van der Waals surface area contributed by atoms with Crippen molar-refractivity contribution in [1.29, 1.82) is 0 Å². The molecule has 0 bridgehead atoms. The van der Waals surface area contributed by atoms with Crippen LogP contribution in [0.2, 0.25) is 0 Å². The van der Waals surface area contributed by atoms with Crippen LogP contribution >= 0.6 is 0 Å². The van der Waals surface area contributed by atoms with E-state index < -0.39 is 18.0 Å². The smallest absolute Gasteiger partial charge is 0.164 e. The Balaban J connectivity index is 1.81. The van der Waals surface area contributed by atoms with Crippen molar-refractivity contribution in [2.75, 3.05) is 0 Å². The molecule has 1 aliphatic rings. The highest BCUT2D eigenvalue weighted by Crippen LogP contribution is 2.34. The van der Waals surface area contributed by atoms with E-state index >= 15 is 0 Å². The zero-order chi connectivity index (χ0) is 21.0. The zero-order valence-electron chi connectivity index (χ0n) is 17.4. The molecular formula is C25H30O4. The minimum atomic E-state index is -0.752. The third-order valence-electron chi connectivity index (χ3n) is 5.11. The van der Waals surface area contributed by atoms with E-state index in [1.54, 1.807) is 0 Å². The molecule has 2 aromatic carbocycles. The highest BCUT2D eigenvalue weighted by atomic mass is 16.7. The van der Waals surface area contributed by atoms with Gasteiger partial charge in [0, 0.05) is 0 Å². The summed E-state index contributed by atoms with van der Waals surface area (Å²) in [5.41, 5.74) is 3.26. The van der Waals surface area contributed by atoms with Crippen LogP contribution < -0.4 is 0 Å². The number of aliphatic hydroxyl groups is 2. The molecule has 1 aliphatic heterocycles. The second-order valence-electron chi connectivity index (χ2n) is 8.01. The van der Waals surface area contributed by atoms with Gasteiger partial charge in [0.1, 0.15) is 12.2 Å². The maximum absolute atomic E-state index is 10.7. The summed E-state index contributed by atoms with van der Waals surface area (Å²) in [6, 6.07) is 19.1. The van der Waals surface area contributed by atoms with Crippen LogP contribution in [-0.2, 0) is 9.47 Å². The first-order valence-corrected chi connectivity index (χ1v) is 9.95. The molecule has 4 nitrogen and oxygen atoms in total. The zero-order valence-corrected chi connectivity index (χ0v) is 17.4. The molecule has 0 aliphatic carbocycles. The summed E-state index contributed by atoms with van der Waals surface area (Å²) in [5.74, 6) is -0.752. The third-order valence-corrected chi connectivity index (χ3v) is 5.11. The van der Waals surface area contributed by atoms with Crippen LogP contribution in [0.1, 0.15) is 51.0 Å². The monoisotopic (exact) mass is 394 g/mol. The second kappa shape index (κ2) is 9.06. The fourth-order valence-corrected chi connectivity index (χ4v) is 3.57. The number of hydrogen-bond donors (Lipinski definition) is 2. The van der Waals surface area contributed by atoms with Crippen LogP contribution in [0.25, 0.3) is 0 Å². The molecule has 1 fully saturated rings. The lowest BCUT2D eigenvalue weighted by Gasteiger charge is -2.17. The molecule has 2 N–H and O–H groups in total. The summed E-state index contributed by atoms with van der Waals surface area (Å²) in [4.78, 5) is 0. The molecule has 0 radical (unpaired) electrons. The van der Waals surface area contributed by atoms with Crippen molar-refractivity contribution in [3.8, 4) is 0 Å². The Morgan fingerprint density at radius 3 is 1.45 bits per heavy atom. The number of ether oxygens (including phenoxy) is 2. The van der Waals surface area contributed by atoms with Crippen LogP contribution in [0.5, 0.6) is 0 Å². The predicted molar refractivity (Wildman–Crippen MR) is 114 cm³/mol. The summed E-state index contributed by atoms with van der Waals surface area (Å²) in [6.45, 7) is 7.51. The van der Waals surface area contributed by atoms with Crippen LogP contribution in [0.4, 0.5) is 0 Å². The van der Waals surface area contributed by atoms with Crippen molar-refractivity contribution >= 4 is 0 Å². The predicted octanol–water partition coefficient (Wildman–Crippen LogP) is 4.87. The maximum Gasteiger partial charge on any atom is 0.164 e.